The quantitative estimate of drug-likeness (QED) is 0.815. The Kier molecular flexibility index (Phi) is 4.86. The number of hydrogen-bond donors (Lipinski definition) is 1. The molecule has 0 fully saturated rings. The second-order valence-electron chi connectivity index (χ2n) is 3.88. The maximum absolute atomic E-state index is 11.5. The van der Waals surface area contributed by atoms with Crippen LogP contribution >= 0.6 is 11.8 Å². The molecule has 0 aromatic carbocycles. The molecule has 0 radical (unpaired) electrons. The fourth-order valence-corrected chi connectivity index (χ4v) is 2.36. The van der Waals surface area contributed by atoms with Crippen LogP contribution in [0.25, 0.3) is 0 Å². The molecule has 1 aromatic rings. The lowest BCUT2D eigenvalue weighted by Crippen LogP contribution is -2.13. The number of aryl methyl sites for hydroxylation is 1. The van der Waals surface area contributed by atoms with Crippen molar-refractivity contribution < 1.29 is 9.53 Å². The molecule has 6 heteroatoms. The van der Waals surface area contributed by atoms with Crippen LogP contribution in [0.4, 0.5) is 5.82 Å². The number of esters is 1. The monoisotopic (exact) mass is 257 g/mol. The Labute approximate surface area is 106 Å². The first-order valence-corrected chi connectivity index (χ1v) is 6.83. The van der Waals surface area contributed by atoms with E-state index in [1.54, 1.807) is 11.8 Å². The number of hydrogen-bond acceptors (Lipinski definition) is 5. The van der Waals surface area contributed by atoms with Gasteiger partial charge >= 0.3 is 5.97 Å². The number of thioether (sulfide) groups is 1. The zero-order valence-corrected chi connectivity index (χ0v) is 11.5. The summed E-state index contributed by atoms with van der Waals surface area (Å²) < 4.78 is 6.54. The van der Waals surface area contributed by atoms with Crippen LogP contribution in [0.2, 0.25) is 0 Å². The van der Waals surface area contributed by atoms with Crippen molar-refractivity contribution in [1.82, 2.24) is 9.55 Å². The van der Waals surface area contributed by atoms with E-state index in [-0.39, 0.29) is 11.7 Å². The number of imidazole rings is 1. The van der Waals surface area contributed by atoms with Crippen LogP contribution in [0.3, 0.4) is 0 Å². The van der Waals surface area contributed by atoms with Gasteiger partial charge in [0.25, 0.3) is 0 Å². The van der Waals surface area contributed by atoms with Gasteiger partial charge in [0.1, 0.15) is 11.6 Å². The SMILES string of the molecule is COC(=O)c1nc(C)n(C(C)CCSC)c1N. The van der Waals surface area contributed by atoms with Crippen LogP contribution in [0.1, 0.15) is 35.7 Å². The Morgan fingerprint density at radius 3 is 2.82 bits per heavy atom. The second kappa shape index (κ2) is 5.95. The lowest BCUT2D eigenvalue weighted by Gasteiger charge is -2.16. The number of carbonyl (C=O) groups excluding carboxylic acids is 1. The molecular formula is C11H19N3O2S. The van der Waals surface area contributed by atoms with Crippen molar-refractivity contribution in [2.75, 3.05) is 24.9 Å². The van der Waals surface area contributed by atoms with Gasteiger partial charge in [-0.2, -0.15) is 11.8 Å². The molecule has 2 N–H and O–H groups in total. The van der Waals surface area contributed by atoms with Gasteiger partial charge in [-0.05, 0) is 32.3 Å². The number of nitrogen functional groups attached to an aromatic ring is 1. The Balaban J connectivity index is 3.00. The number of nitrogens with zero attached hydrogens (tertiary/aromatic N) is 2. The van der Waals surface area contributed by atoms with Crippen molar-refractivity contribution in [3.8, 4) is 0 Å². The standard InChI is InChI=1S/C11H19N3O2S/c1-7(5-6-17-4)14-8(2)13-9(10(14)12)11(15)16-3/h7H,5-6,12H2,1-4H3. The molecule has 0 saturated carbocycles. The van der Waals surface area contributed by atoms with Gasteiger partial charge in [-0.3, -0.25) is 0 Å². The van der Waals surface area contributed by atoms with Crippen LogP contribution in [0, 0.1) is 6.92 Å². The van der Waals surface area contributed by atoms with E-state index in [1.807, 2.05) is 11.5 Å². The number of ether oxygens (including phenoxy) is 1. The average molecular weight is 257 g/mol. The summed E-state index contributed by atoms with van der Waals surface area (Å²) in [7, 11) is 1.33. The summed E-state index contributed by atoms with van der Waals surface area (Å²) in [6.07, 6.45) is 3.06. The van der Waals surface area contributed by atoms with Gasteiger partial charge in [0.05, 0.1) is 7.11 Å². The van der Waals surface area contributed by atoms with Gasteiger partial charge < -0.3 is 15.0 Å². The normalized spacial score (nSPS) is 12.5. The third-order valence-electron chi connectivity index (χ3n) is 2.68. The number of nitrogens with two attached hydrogens (primary N) is 1. The summed E-state index contributed by atoms with van der Waals surface area (Å²) in [5.41, 5.74) is 6.16. The summed E-state index contributed by atoms with van der Waals surface area (Å²) in [6.45, 7) is 3.92. The molecule has 1 aromatic heterocycles. The number of methoxy groups -OCH3 is 1. The van der Waals surface area contributed by atoms with E-state index in [0.717, 1.165) is 18.0 Å². The van der Waals surface area contributed by atoms with E-state index in [2.05, 4.69) is 22.9 Å². The second-order valence-corrected chi connectivity index (χ2v) is 4.87. The van der Waals surface area contributed by atoms with Crippen molar-refractivity contribution in [2.45, 2.75) is 26.3 Å². The molecule has 0 aliphatic heterocycles. The largest absolute Gasteiger partial charge is 0.464 e. The molecule has 0 aliphatic carbocycles. The average Bonchev–Trinajstić information content (AvgIpc) is 2.61. The molecule has 0 amide bonds. The Hall–Kier alpha value is -1.17. The highest BCUT2D eigenvalue weighted by Crippen LogP contribution is 2.23. The Morgan fingerprint density at radius 2 is 2.29 bits per heavy atom. The first-order chi connectivity index (χ1) is 8.02. The van der Waals surface area contributed by atoms with Crippen molar-refractivity contribution in [3.63, 3.8) is 0 Å². The van der Waals surface area contributed by atoms with Crippen LogP contribution in [0.15, 0.2) is 0 Å². The van der Waals surface area contributed by atoms with E-state index in [1.165, 1.54) is 7.11 Å². The van der Waals surface area contributed by atoms with Gasteiger partial charge in [-0.15, -0.1) is 0 Å². The van der Waals surface area contributed by atoms with Crippen molar-refractivity contribution in [3.05, 3.63) is 11.5 Å². The molecule has 17 heavy (non-hydrogen) atoms. The third-order valence-corrected chi connectivity index (χ3v) is 3.33. The van der Waals surface area contributed by atoms with Gasteiger partial charge in [0.15, 0.2) is 5.69 Å². The van der Waals surface area contributed by atoms with Crippen molar-refractivity contribution >= 4 is 23.5 Å². The maximum atomic E-state index is 11.5. The smallest absolute Gasteiger partial charge is 0.360 e. The first kappa shape index (κ1) is 13.9. The lowest BCUT2D eigenvalue weighted by molar-refractivity contribution is 0.0595. The molecular weight excluding hydrogens is 238 g/mol. The predicted molar refractivity (Wildman–Crippen MR) is 70.4 cm³/mol. The molecule has 96 valence electrons. The third kappa shape index (κ3) is 2.94. The molecule has 0 bridgehead atoms. The fraction of sp³-hybridized carbons (Fsp3) is 0.636. The number of carbonyl (C=O) groups is 1. The molecule has 5 nitrogen and oxygen atoms in total. The van der Waals surface area contributed by atoms with Crippen LogP contribution in [-0.4, -0.2) is 34.6 Å². The summed E-state index contributed by atoms with van der Waals surface area (Å²) in [4.78, 5) is 15.6. The Bertz CT molecular complexity index is 404. The van der Waals surface area contributed by atoms with E-state index in [4.69, 9.17) is 5.73 Å². The van der Waals surface area contributed by atoms with Crippen molar-refractivity contribution in [1.29, 1.82) is 0 Å². The van der Waals surface area contributed by atoms with Gasteiger partial charge in [-0.25, -0.2) is 9.78 Å². The first-order valence-electron chi connectivity index (χ1n) is 5.44. The van der Waals surface area contributed by atoms with Gasteiger partial charge in [0, 0.05) is 6.04 Å². The molecule has 0 spiro atoms. The minimum atomic E-state index is -0.485. The highest BCUT2D eigenvalue weighted by Gasteiger charge is 2.21. The van der Waals surface area contributed by atoms with Crippen LogP contribution in [0.5, 0.6) is 0 Å². The van der Waals surface area contributed by atoms with E-state index < -0.39 is 5.97 Å². The molecule has 1 atom stereocenters. The van der Waals surface area contributed by atoms with Crippen LogP contribution < -0.4 is 5.73 Å². The van der Waals surface area contributed by atoms with Gasteiger partial charge in [0.2, 0.25) is 0 Å². The highest BCUT2D eigenvalue weighted by atomic mass is 32.2. The minimum absolute atomic E-state index is 0.209. The number of anilines is 1. The molecule has 1 rings (SSSR count). The summed E-state index contributed by atoms with van der Waals surface area (Å²) in [5.74, 6) is 1.70. The van der Waals surface area contributed by atoms with E-state index >= 15 is 0 Å². The number of rotatable bonds is 5. The number of aromatic nitrogens is 2. The molecule has 1 heterocycles. The topological polar surface area (TPSA) is 70.1 Å². The van der Waals surface area contributed by atoms with Crippen LogP contribution in [-0.2, 0) is 4.74 Å². The maximum Gasteiger partial charge on any atom is 0.360 e. The molecule has 1 unspecified atom stereocenters. The van der Waals surface area contributed by atoms with Gasteiger partial charge in [-0.1, -0.05) is 0 Å². The molecule has 0 saturated heterocycles. The zero-order chi connectivity index (χ0) is 13.0. The van der Waals surface area contributed by atoms with E-state index in [0.29, 0.717) is 5.82 Å². The predicted octanol–water partition coefficient (Wildman–Crippen LogP) is 1.87. The van der Waals surface area contributed by atoms with E-state index in [9.17, 15) is 4.79 Å². The summed E-state index contributed by atoms with van der Waals surface area (Å²) in [6, 6.07) is 0.230. The minimum Gasteiger partial charge on any atom is -0.464 e. The van der Waals surface area contributed by atoms with Crippen molar-refractivity contribution in [2.24, 2.45) is 0 Å². The summed E-state index contributed by atoms with van der Waals surface area (Å²) in [5, 5.41) is 0. The Morgan fingerprint density at radius 1 is 1.65 bits per heavy atom. The highest BCUT2D eigenvalue weighted by molar-refractivity contribution is 7.98. The summed E-state index contributed by atoms with van der Waals surface area (Å²) >= 11 is 1.79. The zero-order valence-electron chi connectivity index (χ0n) is 10.7. The lowest BCUT2D eigenvalue weighted by atomic mass is 10.2. The molecule has 0 aliphatic rings. The fourth-order valence-electron chi connectivity index (χ4n) is 1.78.